The number of aromatic nitrogens is 2. The lowest BCUT2D eigenvalue weighted by atomic mass is 10.2. The molecule has 5 nitrogen and oxygen atoms in total. The lowest BCUT2D eigenvalue weighted by molar-refractivity contribution is 0.0521. The van der Waals surface area contributed by atoms with Crippen LogP contribution in [-0.2, 0) is 4.74 Å². The molecule has 19 heavy (non-hydrogen) atoms. The highest BCUT2D eigenvalue weighted by Gasteiger charge is 2.20. The van der Waals surface area contributed by atoms with Crippen LogP contribution in [0.15, 0.2) is 24.3 Å². The fourth-order valence-corrected chi connectivity index (χ4v) is 3.13. The highest BCUT2D eigenvalue weighted by Crippen LogP contribution is 2.38. The van der Waals surface area contributed by atoms with E-state index in [1.165, 1.54) is 11.3 Å². The monoisotopic (exact) mass is 274 g/mol. The molecule has 3 rings (SSSR count). The summed E-state index contributed by atoms with van der Waals surface area (Å²) < 4.78 is 6.53. The van der Waals surface area contributed by atoms with E-state index in [1.807, 2.05) is 24.3 Å². The lowest BCUT2D eigenvalue weighted by Gasteiger charge is -2.01. The maximum atomic E-state index is 11.8. The SMILES string of the molecule is CCOC(=O)c1nnc(O)c2c1sc1ccccc12. The molecule has 2 aromatic heterocycles. The molecule has 3 aromatic rings. The third-order valence-electron chi connectivity index (χ3n) is 2.75. The number of hydrogen-bond acceptors (Lipinski definition) is 6. The van der Waals surface area contributed by atoms with Gasteiger partial charge in [-0.15, -0.1) is 21.5 Å². The molecule has 0 aliphatic heterocycles. The van der Waals surface area contributed by atoms with E-state index in [-0.39, 0.29) is 18.2 Å². The van der Waals surface area contributed by atoms with Crippen molar-refractivity contribution in [1.29, 1.82) is 0 Å². The summed E-state index contributed by atoms with van der Waals surface area (Å²) in [4.78, 5) is 11.8. The molecule has 1 aromatic carbocycles. The molecule has 0 amide bonds. The van der Waals surface area contributed by atoms with Crippen molar-refractivity contribution in [3.8, 4) is 5.88 Å². The van der Waals surface area contributed by atoms with E-state index in [2.05, 4.69) is 10.2 Å². The molecule has 0 spiro atoms. The Morgan fingerprint density at radius 1 is 1.37 bits per heavy atom. The van der Waals surface area contributed by atoms with Crippen LogP contribution in [0.25, 0.3) is 20.2 Å². The molecule has 0 saturated carbocycles. The minimum absolute atomic E-state index is 0.149. The standard InChI is InChI=1S/C13H10N2O3S/c1-2-18-13(17)10-11-9(12(16)15-14-10)7-5-3-4-6-8(7)19-11/h3-6H,2H2,1H3,(H,15,16). The number of rotatable bonds is 2. The van der Waals surface area contributed by atoms with Crippen molar-refractivity contribution in [1.82, 2.24) is 10.2 Å². The largest absolute Gasteiger partial charge is 0.492 e. The maximum absolute atomic E-state index is 11.8. The van der Waals surface area contributed by atoms with Gasteiger partial charge in [0.1, 0.15) is 0 Å². The van der Waals surface area contributed by atoms with Gasteiger partial charge < -0.3 is 9.84 Å². The van der Waals surface area contributed by atoms with Gasteiger partial charge in [-0.25, -0.2) is 4.79 Å². The summed E-state index contributed by atoms with van der Waals surface area (Å²) in [6.07, 6.45) is 0. The Bertz CT molecular complexity index is 782. The molecular weight excluding hydrogens is 264 g/mol. The van der Waals surface area contributed by atoms with Crippen LogP contribution >= 0.6 is 11.3 Å². The third kappa shape index (κ3) is 1.80. The molecule has 0 bridgehead atoms. The van der Waals surface area contributed by atoms with Gasteiger partial charge >= 0.3 is 5.97 Å². The molecule has 0 radical (unpaired) electrons. The van der Waals surface area contributed by atoms with Crippen LogP contribution < -0.4 is 0 Å². The number of hydrogen-bond donors (Lipinski definition) is 1. The topological polar surface area (TPSA) is 72.3 Å². The van der Waals surface area contributed by atoms with Crippen molar-refractivity contribution in [3.05, 3.63) is 30.0 Å². The smallest absolute Gasteiger partial charge is 0.360 e. The van der Waals surface area contributed by atoms with Gasteiger partial charge in [-0.1, -0.05) is 18.2 Å². The number of carbonyl (C=O) groups is 1. The van der Waals surface area contributed by atoms with Gasteiger partial charge in [-0.2, -0.15) is 0 Å². The van der Waals surface area contributed by atoms with Crippen molar-refractivity contribution in [2.75, 3.05) is 6.61 Å². The molecule has 0 atom stereocenters. The zero-order valence-corrected chi connectivity index (χ0v) is 10.9. The molecule has 96 valence electrons. The Hall–Kier alpha value is -2.21. The second-order valence-corrected chi connectivity index (χ2v) is 4.95. The zero-order chi connectivity index (χ0) is 13.4. The average Bonchev–Trinajstić information content (AvgIpc) is 2.79. The molecule has 0 aliphatic carbocycles. The van der Waals surface area contributed by atoms with Gasteiger partial charge in [0.15, 0.2) is 5.69 Å². The van der Waals surface area contributed by atoms with E-state index in [0.29, 0.717) is 10.1 Å². The molecule has 1 N–H and O–H groups in total. The predicted molar refractivity (Wildman–Crippen MR) is 72.5 cm³/mol. The molecule has 0 saturated heterocycles. The zero-order valence-electron chi connectivity index (χ0n) is 10.1. The second-order valence-electron chi connectivity index (χ2n) is 3.90. The van der Waals surface area contributed by atoms with Crippen molar-refractivity contribution in [2.45, 2.75) is 6.92 Å². The first-order valence-electron chi connectivity index (χ1n) is 5.76. The van der Waals surface area contributed by atoms with Gasteiger partial charge in [-0.05, 0) is 13.0 Å². The Morgan fingerprint density at radius 2 is 2.16 bits per heavy atom. The van der Waals surface area contributed by atoms with Crippen LogP contribution in [0, 0.1) is 0 Å². The van der Waals surface area contributed by atoms with Gasteiger partial charge in [0.2, 0.25) is 5.88 Å². The molecule has 0 unspecified atom stereocenters. The van der Waals surface area contributed by atoms with Gasteiger partial charge in [-0.3, -0.25) is 0 Å². The van der Waals surface area contributed by atoms with E-state index in [0.717, 1.165) is 10.1 Å². The van der Waals surface area contributed by atoms with E-state index < -0.39 is 5.97 Å². The van der Waals surface area contributed by atoms with E-state index in [4.69, 9.17) is 4.74 Å². The summed E-state index contributed by atoms with van der Waals surface area (Å²) >= 11 is 1.39. The minimum Gasteiger partial charge on any atom is -0.492 e. The molecule has 0 fully saturated rings. The average molecular weight is 274 g/mol. The van der Waals surface area contributed by atoms with Crippen LogP contribution in [0.5, 0.6) is 5.88 Å². The van der Waals surface area contributed by atoms with Crippen LogP contribution in [0.3, 0.4) is 0 Å². The highest BCUT2D eigenvalue weighted by molar-refractivity contribution is 7.26. The summed E-state index contributed by atoms with van der Waals surface area (Å²) in [7, 11) is 0. The fourth-order valence-electron chi connectivity index (χ4n) is 1.96. The van der Waals surface area contributed by atoms with Gasteiger partial charge in [0.05, 0.1) is 16.7 Å². The summed E-state index contributed by atoms with van der Waals surface area (Å²) in [5.74, 6) is -0.688. The number of ether oxygens (including phenoxy) is 1. The summed E-state index contributed by atoms with van der Waals surface area (Å²) in [6.45, 7) is 2.00. The Morgan fingerprint density at radius 3 is 2.95 bits per heavy atom. The maximum Gasteiger partial charge on any atom is 0.360 e. The minimum atomic E-state index is -0.522. The fraction of sp³-hybridized carbons (Fsp3) is 0.154. The Kier molecular flexibility index (Phi) is 2.79. The number of fused-ring (bicyclic) bond motifs is 3. The van der Waals surface area contributed by atoms with Crippen LogP contribution in [0.1, 0.15) is 17.4 Å². The summed E-state index contributed by atoms with van der Waals surface area (Å²) in [5.41, 5.74) is 0.149. The first-order valence-corrected chi connectivity index (χ1v) is 6.58. The Labute approximate surface area is 112 Å². The molecule has 6 heteroatoms. The second kappa shape index (κ2) is 4.47. The number of thiophene rings is 1. The molecule has 2 heterocycles. The van der Waals surface area contributed by atoms with Crippen molar-refractivity contribution < 1.29 is 14.6 Å². The van der Waals surface area contributed by atoms with Crippen molar-refractivity contribution in [2.24, 2.45) is 0 Å². The van der Waals surface area contributed by atoms with Crippen molar-refractivity contribution >= 4 is 37.5 Å². The first-order chi connectivity index (χ1) is 9.22. The van der Waals surface area contributed by atoms with E-state index in [1.54, 1.807) is 6.92 Å². The van der Waals surface area contributed by atoms with Crippen LogP contribution in [-0.4, -0.2) is 27.9 Å². The van der Waals surface area contributed by atoms with Crippen LogP contribution in [0.4, 0.5) is 0 Å². The molecule has 0 aliphatic rings. The molecular formula is C13H10N2O3S. The normalized spacial score (nSPS) is 11.0. The van der Waals surface area contributed by atoms with E-state index >= 15 is 0 Å². The van der Waals surface area contributed by atoms with Crippen molar-refractivity contribution in [3.63, 3.8) is 0 Å². The van der Waals surface area contributed by atoms with Crippen LogP contribution in [0.2, 0.25) is 0 Å². The third-order valence-corrected chi connectivity index (χ3v) is 3.93. The first kappa shape index (κ1) is 11.9. The van der Waals surface area contributed by atoms with E-state index in [9.17, 15) is 9.90 Å². The predicted octanol–water partition coefficient (Wildman–Crippen LogP) is 2.73. The number of nitrogens with zero attached hydrogens (tertiary/aromatic N) is 2. The number of esters is 1. The highest BCUT2D eigenvalue weighted by atomic mass is 32.1. The Balaban J connectivity index is 2.37. The van der Waals surface area contributed by atoms with Gasteiger partial charge in [0.25, 0.3) is 0 Å². The number of carbonyl (C=O) groups excluding carboxylic acids is 1. The van der Waals surface area contributed by atoms with Gasteiger partial charge in [0, 0.05) is 10.1 Å². The quantitative estimate of drug-likeness (QED) is 0.727. The lowest BCUT2D eigenvalue weighted by Crippen LogP contribution is -2.08. The summed E-state index contributed by atoms with van der Waals surface area (Å²) in [6, 6.07) is 7.58. The number of benzene rings is 1. The summed E-state index contributed by atoms with van der Waals surface area (Å²) in [5, 5.41) is 18.7. The number of aromatic hydroxyl groups is 1.